The van der Waals surface area contributed by atoms with E-state index in [9.17, 15) is 29.7 Å². The van der Waals surface area contributed by atoms with Crippen molar-refractivity contribution in [3.05, 3.63) is 12.2 Å². The van der Waals surface area contributed by atoms with Gasteiger partial charge in [0.1, 0.15) is 11.8 Å². The van der Waals surface area contributed by atoms with E-state index in [2.05, 4.69) is 38.3 Å². The second kappa shape index (κ2) is 22.3. The van der Waals surface area contributed by atoms with Crippen molar-refractivity contribution in [1.82, 2.24) is 10.6 Å². The third-order valence-electron chi connectivity index (χ3n) is 16.6. The van der Waals surface area contributed by atoms with Crippen LogP contribution < -0.4 is 10.6 Å². The normalized spacial score (nSPS) is 40.1. The molecule has 2 amide bonds. The fourth-order valence-corrected chi connectivity index (χ4v) is 12.0. The maximum absolute atomic E-state index is 14.7. The predicted octanol–water partition coefficient (Wildman–Crippen LogP) is 8.86. The molecule has 4 fully saturated rings. The Hall–Kier alpha value is -2.13. The van der Waals surface area contributed by atoms with Crippen LogP contribution in [-0.2, 0) is 33.3 Å². The Labute approximate surface area is 385 Å². The van der Waals surface area contributed by atoms with Gasteiger partial charge in [-0.25, -0.2) is 4.79 Å². The van der Waals surface area contributed by atoms with E-state index in [1.165, 1.54) is 19.3 Å². The first-order valence-electron chi connectivity index (χ1n) is 25.5. The monoisotopic (exact) mass is 905 g/mol. The number of nitrogens with one attached hydrogen (secondary N) is 2. The first-order valence-corrected chi connectivity index (χ1v) is 25.5. The molecular formula is C51H88N2O11. The summed E-state index contributed by atoms with van der Waals surface area (Å²) in [7, 11) is 0. The van der Waals surface area contributed by atoms with E-state index in [1.54, 1.807) is 6.92 Å². The lowest BCUT2D eigenvalue weighted by molar-refractivity contribution is -0.397. The molecule has 0 aromatic carbocycles. The Morgan fingerprint density at radius 2 is 1.52 bits per heavy atom. The zero-order valence-corrected chi connectivity index (χ0v) is 41.4. The maximum atomic E-state index is 14.7. The molecule has 5 rings (SSSR count). The Kier molecular flexibility index (Phi) is 18.4. The highest BCUT2D eigenvalue weighted by molar-refractivity contribution is 5.84. The number of unbranched alkanes of at least 4 members (excludes halogenated alkanes) is 5. The van der Waals surface area contributed by atoms with Gasteiger partial charge < -0.3 is 49.6 Å². The van der Waals surface area contributed by atoms with Crippen molar-refractivity contribution in [1.29, 1.82) is 0 Å². The summed E-state index contributed by atoms with van der Waals surface area (Å²) in [5, 5.41) is 39.3. The number of ether oxygens (including phenoxy) is 5. The van der Waals surface area contributed by atoms with Gasteiger partial charge in [0.15, 0.2) is 11.6 Å². The van der Waals surface area contributed by atoms with Crippen LogP contribution in [0.1, 0.15) is 179 Å². The van der Waals surface area contributed by atoms with Gasteiger partial charge in [-0.3, -0.25) is 9.59 Å². The number of rotatable bonds is 20. The van der Waals surface area contributed by atoms with Crippen molar-refractivity contribution in [2.45, 2.75) is 244 Å². The molecule has 18 atom stereocenters. The highest BCUT2D eigenvalue weighted by Gasteiger charge is 2.63. The van der Waals surface area contributed by atoms with Crippen LogP contribution in [0, 0.1) is 41.4 Å². The summed E-state index contributed by atoms with van der Waals surface area (Å²) in [6, 6.07) is -0.952. The molecule has 0 bridgehead atoms. The predicted molar refractivity (Wildman–Crippen MR) is 246 cm³/mol. The van der Waals surface area contributed by atoms with Crippen molar-refractivity contribution in [2.75, 3.05) is 6.54 Å². The number of amides is 2. The molecule has 0 saturated carbocycles. The van der Waals surface area contributed by atoms with E-state index in [0.29, 0.717) is 64.3 Å². The summed E-state index contributed by atoms with van der Waals surface area (Å²) in [5.41, 5.74) is -1.69. The molecule has 13 nitrogen and oxygen atoms in total. The van der Waals surface area contributed by atoms with Crippen LogP contribution in [0.3, 0.4) is 0 Å². The minimum absolute atomic E-state index is 0.0125. The number of Topliss-reactive ketones (excluding diaryl/α,β-unsaturated/α-hetero) is 1. The zero-order valence-electron chi connectivity index (χ0n) is 41.4. The highest BCUT2D eigenvalue weighted by atomic mass is 16.8. The molecule has 5 N–H and O–H groups in total. The molecule has 0 aromatic rings. The van der Waals surface area contributed by atoms with E-state index in [-0.39, 0.29) is 47.9 Å². The van der Waals surface area contributed by atoms with Gasteiger partial charge in [-0.05, 0) is 96.0 Å². The number of aliphatic hydroxyl groups excluding tert-OH is 1. The highest BCUT2D eigenvalue weighted by Crippen LogP contribution is 2.54. The topological polar surface area (TPSA) is 182 Å². The molecular weight excluding hydrogens is 817 g/mol. The summed E-state index contributed by atoms with van der Waals surface area (Å²) in [6.07, 6.45) is 13.4. The number of hydrogen-bond donors (Lipinski definition) is 5. The average Bonchev–Trinajstić information content (AvgIpc) is 3.61. The fraction of sp³-hybridized carbons (Fsp3) is 0.902. The first-order chi connectivity index (χ1) is 30.2. The Balaban J connectivity index is 1.36. The van der Waals surface area contributed by atoms with E-state index < -0.39 is 76.8 Å². The number of aliphatic hydroxyl groups is 2. The summed E-state index contributed by atoms with van der Waals surface area (Å²) in [4.78, 5) is 40.3. The maximum Gasteiger partial charge on any atom is 0.315 e. The van der Waals surface area contributed by atoms with Crippen molar-refractivity contribution >= 4 is 17.8 Å². The molecule has 5 aliphatic rings. The number of carboxylic acid groups (broad SMARTS) is 1. The SMILES string of the molecule is CCCCCCCCNC(=O)N[C@@H]1C=C[C@]2(O[C@H](C(CC)C(=O)[C@@H](C)[C@@H](O)[C@H](C)[C@@H]3O[C@@H]([C@@H](CC)C(=O)O)CC[C@@H]3C)[C@@H](C)C[C@H]2C)O[C@@]12CC[C@@](C)([C@H]1CC[C@](O)(CC)[C@H](C)O1)O2. The van der Waals surface area contributed by atoms with Crippen LogP contribution in [0.25, 0.3) is 0 Å². The molecule has 13 heteroatoms. The summed E-state index contributed by atoms with van der Waals surface area (Å²) < 4.78 is 34.7. The van der Waals surface area contributed by atoms with Crippen LogP contribution in [0.4, 0.5) is 4.79 Å². The second-order valence-corrected chi connectivity index (χ2v) is 21.1. The van der Waals surface area contributed by atoms with E-state index in [1.807, 2.05) is 53.7 Å². The van der Waals surface area contributed by atoms with Gasteiger partial charge in [0.25, 0.3) is 0 Å². The Bertz CT molecular complexity index is 1580. The molecule has 368 valence electrons. The second-order valence-electron chi connectivity index (χ2n) is 21.1. The van der Waals surface area contributed by atoms with Gasteiger partial charge >= 0.3 is 12.0 Å². The zero-order chi connectivity index (χ0) is 47.2. The molecule has 1 unspecified atom stereocenters. The number of aliphatic carboxylic acids is 1. The van der Waals surface area contributed by atoms with Gasteiger partial charge in [0.05, 0.1) is 53.7 Å². The summed E-state index contributed by atoms with van der Waals surface area (Å²) >= 11 is 0. The number of carboxylic acids is 1. The first kappa shape index (κ1) is 52.8. The Morgan fingerprint density at radius 3 is 2.16 bits per heavy atom. The van der Waals surface area contributed by atoms with E-state index in [0.717, 1.165) is 25.7 Å². The standard InChI is InChI=1S/C51H88N2O11/c1-12-16-17-18-19-20-29-52-47(58)53-40-23-26-50(64-51(40)28-27-48(11,63-51)41-24-25-49(59,15-4)36(10)60-41)33(7)30-32(6)45(62-50)38(14-3)43(55)34(8)42(54)35(9)44-31(5)21-22-39(61-44)37(13-2)46(56)57/h23,26,31-42,44-45,54,59H,12-22,24-25,27-30H2,1-11H3,(H,56,57)(H2,52,53,58)/t31-,32-,33+,34-,35-,36-,37+,38?,39+,40+,41+,42+,44+,45-,48-,49+,50-,51-/m0/s1. The van der Waals surface area contributed by atoms with Gasteiger partial charge in [-0.1, -0.05) is 100 Å². The number of urea groups is 1. The van der Waals surface area contributed by atoms with Crippen molar-refractivity contribution in [3.8, 4) is 0 Å². The van der Waals surface area contributed by atoms with E-state index >= 15 is 0 Å². The summed E-state index contributed by atoms with van der Waals surface area (Å²) in [6.45, 7) is 22.5. The van der Waals surface area contributed by atoms with Crippen LogP contribution >= 0.6 is 0 Å². The average molecular weight is 905 g/mol. The third kappa shape index (κ3) is 11.4. The number of ketones is 1. The van der Waals surface area contributed by atoms with Crippen molar-refractivity contribution in [3.63, 3.8) is 0 Å². The van der Waals surface area contributed by atoms with Gasteiger partial charge in [-0.15, -0.1) is 0 Å². The van der Waals surface area contributed by atoms with Crippen LogP contribution in [0.5, 0.6) is 0 Å². The lowest BCUT2D eigenvalue weighted by Crippen LogP contribution is -2.66. The number of carbonyl (C=O) groups is 3. The van der Waals surface area contributed by atoms with Gasteiger partial charge in [0, 0.05) is 36.6 Å². The molecule has 0 radical (unpaired) electrons. The van der Waals surface area contributed by atoms with Crippen LogP contribution in [0.15, 0.2) is 12.2 Å². The van der Waals surface area contributed by atoms with Crippen molar-refractivity contribution < 1.29 is 53.4 Å². The molecule has 5 heterocycles. The van der Waals surface area contributed by atoms with Crippen LogP contribution in [-0.4, -0.2) is 105 Å². The minimum atomic E-state index is -1.32. The molecule has 0 aliphatic carbocycles. The smallest absolute Gasteiger partial charge is 0.315 e. The molecule has 2 spiro atoms. The molecule has 64 heavy (non-hydrogen) atoms. The fourth-order valence-electron chi connectivity index (χ4n) is 12.0. The molecule has 4 saturated heterocycles. The third-order valence-corrected chi connectivity index (χ3v) is 16.6. The lowest BCUT2D eigenvalue weighted by Gasteiger charge is -2.55. The number of carbonyl (C=O) groups excluding carboxylic acids is 2. The van der Waals surface area contributed by atoms with E-state index in [4.69, 9.17) is 23.7 Å². The minimum Gasteiger partial charge on any atom is -0.481 e. The van der Waals surface area contributed by atoms with Gasteiger partial charge in [0.2, 0.25) is 0 Å². The lowest BCUT2D eigenvalue weighted by atomic mass is 9.72. The van der Waals surface area contributed by atoms with Crippen molar-refractivity contribution in [2.24, 2.45) is 41.4 Å². The van der Waals surface area contributed by atoms with Gasteiger partial charge in [-0.2, -0.15) is 0 Å². The summed E-state index contributed by atoms with van der Waals surface area (Å²) in [5.74, 6) is -5.92. The molecule has 5 aliphatic heterocycles. The Morgan fingerprint density at radius 1 is 0.828 bits per heavy atom. The number of hydrogen-bond acceptors (Lipinski definition) is 10. The quantitative estimate of drug-likeness (QED) is 0.0582. The largest absolute Gasteiger partial charge is 0.481 e. The molecule has 0 aromatic heterocycles. The van der Waals surface area contributed by atoms with Crippen LogP contribution in [0.2, 0.25) is 0 Å².